The summed E-state index contributed by atoms with van der Waals surface area (Å²) in [4.78, 5) is 0. The molecule has 3 heteroatoms. The lowest BCUT2D eigenvalue weighted by Crippen LogP contribution is -2.36. The van der Waals surface area contributed by atoms with Gasteiger partial charge < -0.3 is 14.8 Å². The number of ether oxygens (including phenoxy) is 2. The molecule has 0 saturated carbocycles. The van der Waals surface area contributed by atoms with Gasteiger partial charge in [-0.2, -0.15) is 0 Å². The van der Waals surface area contributed by atoms with Crippen molar-refractivity contribution in [1.29, 1.82) is 0 Å². The first-order chi connectivity index (χ1) is 8.31. The molecule has 1 N–H and O–H groups in total. The topological polar surface area (TPSA) is 30.5 Å². The summed E-state index contributed by atoms with van der Waals surface area (Å²) in [6.45, 7) is 3.93. The molecule has 0 spiro atoms. The van der Waals surface area contributed by atoms with Crippen molar-refractivity contribution in [1.82, 2.24) is 5.32 Å². The van der Waals surface area contributed by atoms with Crippen molar-refractivity contribution in [3.8, 4) is 5.75 Å². The minimum absolute atomic E-state index is 0.314. The van der Waals surface area contributed by atoms with Crippen molar-refractivity contribution in [2.24, 2.45) is 0 Å². The molecule has 1 fully saturated rings. The van der Waals surface area contributed by atoms with E-state index in [2.05, 4.69) is 24.4 Å². The molecule has 0 aromatic heterocycles. The van der Waals surface area contributed by atoms with Crippen LogP contribution in [0.3, 0.4) is 0 Å². The van der Waals surface area contributed by atoms with Crippen LogP contribution in [-0.2, 0) is 4.74 Å². The fourth-order valence-electron chi connectivity index (χ4n) is 2.33. The third-order valence-electron chi connectivity index (χ3n) is 3.31. The van der Waals surface area contributed by atoms with Crippen molar-refractivity contribution >= 4 is 0 Å². The van der Waals surface area contributed by atoms with Crippen LogP contribution in [0.25, 0.3) is 0 Å². The summed E-state index contributed by atoms with van der Waals surface area (Å²) in [5.74, 6) is 0.958. The minimum Gasteiger partial charge on any atom is -0.496 e. The number of hydrogen-bond acceptors (Lipinski definition) is 3. The Bertz CT molecular complexity index is 348. The molecule has 0 bridgehead atoms. The first-order valence-corrected chi connectivity index (χ1v) is 6.28. The molecule has 3 nitrogen and oxygen atoms in total. The van der Waals surface area contributed by atoms with Crippen LogP contribution in [0.4, 0.5) is 0 Å². The second kappa shape index (κ2) is 6.03. The first kappa shape index (κ1) is 12.4. The monoisotopic (exact) mass is 235 g/mol. The molecule has 0 aliphatic carbocycles. The van der Waals surface area contributed by atoms with Crippen LogP contribution in [0.15, 0.2) is 24.3 Å². The van der Waals surface area contributed by atoms with E-state index in [9.17, 15) is 0 Å². The van der Waals surface area contributed by atoms with Gasteiger partial charge in [-0.25, -0.2) is 0 Å². The van der Waals surface area contributed by atoms with Crippen LogP contribution in [-0.4, -0.2) is 26.4 Å². The quantitative estimate of drug-likeness (QED) is 0.870. The predicted octanol–water partition coefficient (Wildman–Crippen LogP) is 2.52. The van der Waals surface area contributed by atoms with Gasteiger partial charge in [-0.15, -0.1) is 0 Å². The molecule has 1 aliphatic heterocycles. The van der Waals surface area contributed by atoms with Gasteiger partial charge in [-0.3, -0.25) is 0 Å². The highest BCUT2D eigenvalue weighted by atomic mass is 16.5. The molecule has 17 heavy (non-hydrogen) atoms. The Morgan fingerprint density at radius 3 is 2.71 bits per heavy atom. The Labute approximate surface area is 103 Å². The summed E-state index contributed by atoms with van der Waals surface area (Å²) in [5.41, 5.74) is 1.22. The first-order valence-electron chi connectivity index (χ1n) is 6.28. The average Bonchev–Trinajstić information content (AvgIpc) is 2.40. The van der Waals surface area contributed by atoms with Crippen molar-refractivity contribution in [2.75, 3.05) is 20.3 Å². The Kier molecular flexibility index (Phi) is 4.40. The van der Waals surface area contributed by atoms with E-state index in [0.29, 0.717) is 12.1 Å². The summed E-state index contributed by atoms with van der Waals surface area (Å²) in [6, 6.07) is 9.06. The summed E-state index contributed by atoms with van der Waals surface area (Å²) >= 11 is 0. The molecule has 2 rings (SSSR count). The third-order valence-corrected chi connectivity index (χ3v) is 3.31. The zero-order valence-corrected chi connectivity index (χ0v) is 10.6. The van der Waals surface area contributed by atoms with Gasteiger partial charge in [0.1, 0.15) is 5.75 Å². The van der Waals surface area contributed by atoms with Crippen LogP contribution in [0.5, 0.6) is 5.75 Å². The van der Waals surface area contributed by atoms with Gasteiger partial charge in [0.15, 0.2) is 0 Å². The normalized spacial score (nSPS) is 18.9. The largest absolute Gasteiger partial charge is 0.496 e. The van der Waals surface area contributed by atoms with Gasteiger partial charge in [0, 0.05) is 30.9 Å². The Morgan fingerprint density at radius 1 is 1.29 bits per heavy atom. The van der Waals surface area contributed by atoms with Gasteiger partial charge in [0.25, 0.3) is 0 Å². The van der Waals surface area contributed by atoms with E-state index in [1.54, 1.807) is 7.11 Å². The van der Waals surface area contributed by atoms with E-state index < -0.39 is 0 Å². The molecule has 0 amide bonds. The number of methoxy groups -OCH3 is 1. The molecule has 1 atom stereocenters. The zero-order chi connectivity index (χ0) is 12.1. The maximum Gasteiger partial charge on any atom is 0.123 e. The van der Waals surface area contributed by atoms with Crippen LogP contribution in [0.1, 0.15) is 31.4 Å². The standard InChI is InChI=1S/C14H21NO2/c1-11(15-12-7-9-17-10-8-12)13-5-3-4-6-14(13)16-2/h3-6,11-12,15H,7-10H2,1-2H3/t11-/m1/s1. The highest BCUT2D eigenvalue weighted by Crippen LogP contribution is 2.25. The smallest absolute Gasteiger partial charge is 0.123 e. The summed E-state index contributed by atoms with van der Waals surface area (Å²) in [7, 11) is 1.72. The van der Waals surface area contributed by atoms with Crippen LogP contribution in [0, 0.1) is 0 Å². The second-order valence-electron chi connectivity index (χ2n) is 4.52. The van der Waals surface area contributed by atoms with Gasteiger partial charge >= 0.3 is 0 Å². The van der Waals surface area contributed by atoms with E-state index in [-0.39, 0.29) is 0 Å². The molecule has 1 aromatic rings. The number of nitrogens with one attached hydrogen (secondary N) is 1. The van der Waals surface area contributed by atoms with Gasteiger partial charge in [-0.05, 0) is 25.8 Å². The van der Waals surface area contributed by atoms with Crippen molar-refractivity contribution in [2.45, 2.75) is 31.8 Å². The molecule has 1 heterocycles. The maximum absolute atomic E-state index is 5.39. The van der Waals surface area contributed by atoms with Crippen molar-refractivity contribution in [3.05, 3.63) is 29.8 Å². The highest BCUT2D eigenvalue weighted by molar-refractivity contribution is 5.35. The van der Waals surface area contributed by atoms with Gasteiger partial charge in [-0.1, -0.05) is 18.2 Å². The number of para-hydroxylation sites is 1. The van der Waals surface area contributed by atoms with Gasteiger partial charge in [0.2, 0.25) is 0 Å². The fraction of sp³-hybridized carbons (Fsp3) is 0.571. The summed E-state index contributed by atoms with van der Waals surface area (Å²) < 4.78 is 10.8. The Morgan fingerprint density at radius 2 is 2.00 bits per heavy atom. The van der Waals surface area contributed by atoms with E-state index in [1.165, 1.54) is 5.56 Å². The van der Waals surface area contributed by atoms with Crippen LogP contribution < -0.4 is 10.1 Å². The lowest BCUT2D eigenvalue weighted by Gasteiger charge is -2.27. The fourth-order valence-corrected chi connectivity index (χ4v) is 2.33. The molecular formula is C14H21NO2. The SMILES string of the molecule is COc1ccccc1[C@@H](C)NC1CCOCC1. The third kappa shape index (κ3) is 3.20. The second-order valence-corrected chi connectivity index (χ2v) is 4.52. The van der Waals surface area contributed by atoms with Crippen molar-refractivity contribution in [3.63, 3.8) is 0 Å². The van der Waals surface area contributed by atoms with Crippen LogP contribution in [0.2, 0.25) is 0 Å². The van der Waals surface area contributed by atoms with Crippen molar-refractivity contribution < 1.29 is 9.47 Å². The maximum atomic E-state index is 5.39. The minimum atomic E-state index is 0.314. The molecule has 0 unspecified atom stereocenters. The molecule has 1 saturated heterocycles. The predicted molar refractivity (Wildman–Crippen MR) is 68.4 cm³/mol. The average molecular weight is 235 g/mol. The number of hydrogen-bond donors (Lipinski definition) is 1. The molecule has 94 valence electrons. The Hall–Kier alpha value is -1.06. The lowest BCUT2D eigenvalue weighted by atomic mass is 10.0. The Balaban J connectivity index is 2.00. The number of benzene rings is 1. The summed E-state index contributed by atoms with van der Waals surface area (Å²) in [5, 5.41) is 3.65. The summed E-state index contributed by atoms with van der Waals surface area (Å²) in [6.07, 6.45) is 2.19. The number of rotatable bonds is 4. The van der Waals surface area contributed by atoms with E-state index in [1.807, 2.05) is 12.1 Å². The van der Waals surface area contributed by atoms with Gasteiger partial charge in [0.05, 0.1) is 7.11 Å². The molecule has 0 radical (unpaired) electrons. The molecule has 1 aromatic carbocycles. The van der Waals surface area contributed by atoms with Crippen LogP contribution >= 0.6 is 0 Å². The zero-order valence-electron chi connectivity index (χ0n) is 10.6. The van der Waals surface area contributed by atoms with E-state index >= 15 is 0 Å². The molecule has 1 aliphatic rings. The highest BCUT2D eigenvalue weighted by Gasteiger charge is 2.18. The lowest BCUT2D eigenvalue weighted by molar-refractivity contribution is 0.0754. The van der Waals surface area contributed by atoms with E-state index in [4.69, 9.17) is 9.47 Å². The van der Waals surface area contributed by atoms with E-state index in [0.717, 1.165) is 31.8 Å². The molecular weight excluding hydrogens is 214 g/mol.